The number of methoxy groups -OCH3 is 1. The van der Waals surface area contributed by atoms with Crippen molar-refractivity contribution in [2.24, 2.45) is 11.8 Å². The lowest BCUT2D eigenvalue weighted by atomic mass is 9.94. The Bertz CT molecular complexity index is 1900. The van der Waals surface area contributed by atoms with Crippen LogP contribution in [-0.4, -0.2) is 104 Å². The van der Waals surface area contributed by atoms with Gasteiger partial charge in [0.05, 0.1) is 30.6 Å². The van der Waals surface area contributed by atoms with E-state index in [-0.39, 0.29) is 67.2 Å². The normalized spacial score (nSPS) is 24.7. The Morgan fingerprint density at radius 2 is 0.984 bits per heavy atom. The maximum Gasteiger partial charge on any atom is 0.407 e. The molecule has 2 heterocycles. The molecule has 3 aromatic carbocycles. The molecule has 4 aliphatic rings. The lowest BCUT2D eigenvalue weighted by Gasteiger charge is -2.18. The molecule has 7 rings (SSSR count). The van der Waals surface area contributed by atoms with Gasteiger partial charge < -0.3 is 35.2 Å². The Morgan fingerprint density at radius 1 is 0.540 bits per heavy atom. The highest BCUT2D eigenvalue weighted by molar-refractivity contribution is 5.99. The van der Waals surface area contributed by atoms with Gasteiger partial charge >= 0.3 is 6.09 Å². The summed E-state index contributed by atoms with van der Waals surface area (Å²) < 4.78 is 11.1. The molecule has 338 valence electrons. The van der Waals surface area contributed by atoms with Crippen LogP contribution in [0.1, 0.15) is 134 Å². The zero-order valence-corrected chi connectivity index (χ0v) is 37.2. The predicted octanol–water partition coefficient (Wildman–Crippen LogP) is 7.60. The molecule has 2 saturated heterocycles. The van der Waals surface area contributed by atoms with Crippen molar-refractivity contribution in [1.29, 1.82) is 0 Å². The summed E-state index contributed by atoms with van der Waals surface area (Å²) in [6, 6.07) is 26.2. The summed E-state index contributed by atoms with van der Waals surface area (Å²) in [5.41, 5.74) is 3.10. The van der Waals surface area contributed by atoms with Gasteiger partial charge in [0.15, 0.2) is 0 Å². The average molecular weight is 862 g/mol. The van der Waals surface area contributed by atoms with E-state index in [1.165, 1.54) is 62.5 Å². The summed E-state index contributed by atoms with van der Waals surface area (Å²) >= 11 is 0. The first-order valence-corrected chi connectivity index (χ1v) is 23.6. The molecule has 3 aromatic rings. The minimum Gasteiger partial charge on any atom is -0.450 e. The van der Waals surface area contributed by atoms with Crippen LogP contribution in [0.5, 0.6) is 0 Å². The van der Waals surface area contributed by atoms with E-state index in [1.807, 2.05) is 36.4 Å². The number of rotatable bonds is 22. The van der Waals surface area contributed by atoms with Crippen molar-refractivity contribution in [3.05, 3.63) is 107 Å². The van der Waals surface area contributed by atoms with Crippen LogP contribution in [-0.2, 0) is 19.1 Å². The number of nitrogens with zero attached hydrogens (tertiary/aromatic N) is 2. The molecule has 12 nitrogen and oxygen atoms in total. The van der Waals surface area contributed by atoms with Gasteiger partial charge in [0.25, 0.3) is 11.8 Å². The number of likely N-dealkylation sites (tertiary alicyclic amines) is 2. The second-order valence-electron chi connectivity index (χ2n) is 18.1. The van der Waals surface area contributed by atoms with E-state index in [2.05, 4.69) is 47.1 Å². The molecule has 2 aliphatic carbocycles. The fraction of sp³-hybridized carbons (Fsp3) is 0.549. The third kappa shape index (κ3) is 12.5. The maximum absolute atomic E-state index is 14.0. The quantitative estimate of drug-likeness (QED) is 0.0883. The minimum atomic E-state index is -0.701. The molecule has 0 aromatic heterocycles. The maximum atomic E-state index is 14.0. The van der Waals surface area contributed by atoms with Gasteiger partial charge in [-0.05, 0) is 54.7 Å². The first-order chi connectivity index (χ1) is 30.7. The van der Waals surface area contributed by atoms with Crippen molar-refractivity contribution >= 4 is 29.7 Å². The number of amides is 5. The Hall–Kier alpha value is -5.23. The van der Waals surface area contributed by atoms with Crippen molar-refractivity contribution in [3.63, 3.8) is 0 Å². The molecule has 63 heavy (non-hydrogen) atoms. The average Bonchev–Trinajstić information content (AvgIpc) is 4.16. The molecule has 2 aliphatic heterocycles. The minimum absolute atomic E-state index is 0.0111. The van der Waals surface area contributed by atoms with E-state index in [1.54, 1.807) is 41.2 Å². The number of ether oxygens (including phenoxy) is 2. The van der Waals surface area contributed by atoms with Crippen molar-refractivity contribution in [3.8, 4) is 0 Å². The number of hydrogen-bond acceptors (Lipinski definition) is 7. The second-order valence-corrected chi connectivity index (χ2v) is 18.1. The first-order valence-electron chi connectivity index (χ1n) is 23.6. The van der Waals surface area contributed by atoms with Crippen LogP contribution in [0.25, 0.3) is 0 Å². The lowest BCUT2D eigenvalue weighted by Crippen LogP contribution is -2.44. The van der Waals surface area contributed by atoms with E-state index >= 15 is 0 Å². The van der Waals surface area contributed by atoms with E-state index in [0.717, 1.165) is 32.1 Å². The molecular weight excluding hydrogens is 795 g/mol. The van der Waals surface area contributed by atoms with E-state index in [4.69, 9.17) is 9.47 Å². The zero-order valence-electron chi connectivity index (χ0n) is 37.2. The first kappa shape index (κ1) is 45.8. The highest BCUT2D eigenvalue weighted by Gasteiger charge is 2.49. The van der Waals surface area contributed by atoms with Gasteiger partial charge in [-0.15, -0.1) is 0 Å². The van der Waals surface area contributed by atoms with Gasteiger partial charge in [-0.25, -0.2) is 4.79 Å². The van der Waals surface area contributed by atoms with Crippen LogP contribution < -0.4 is 16.0 Å². The van der Waals surface area contributed by atoms with Crippen molar-refractivity contribution in [2.45, 2.75) is 126 Å². The molecule has 0 unspecified atom stereocenters. The van der Waals surface area contributed by atoms with Gasteiger partial charge in [-0.2, -0.15) is 0 Å². The largest absolute Gasteiger partial charge is 0.450 e. The molecule has 8 atom stereocenters. The van der Waals surface area contributed by atoms with Crippen LogP contribution in [0.4, 0.5) is 4.79 Å². The van der Waals surface area contributed by atoms with Crippen LogP contribution in [0.2, 0.25) is 0 Å². The Kier molecular flexibility index (Phi) is 16.3. The van der Waals surface area contributed by atoms with Gasteiger partial charge in [-0.3, -0.25) is 19.2 Å². The topological polar surface area (TPSA) is 146 Å². The second kappa shape index (κ2) is 22.4. The van der Waals surface area contributed by atoms with E-state index in [9.17, 15) is 24.0 Å². The van der Waals surface area contributed by atoms with Crippen LogP contribution in [0.15, 0.2) is 84.9 Å². The highest BCUT2D eigenvalue weighted by atomic mass is 16.5. The number of carbonyl (C=O) groups excluding carboxylic acids is 5. The highest BCUT2D eigenvalue weighted by Crippen LogP contribution is 2.42. The number of hydrogen-bond donors (Lipinski definition) is 3. The molecule has 0 bridgehead atoms. The van der Waals surface area contributed by atoms with Crippen LogP contribution in [0, 0.1) is 11.8 Å². The van der Waals surface area contributed by atoms with Crippen LogP contribution in [0.3, 0.4) is 0 Å². The lowest BCUT2D eigenvalue weighted by molar-refractivity contribution is -0.133. The molecule has 4 fully saturated rings. The fourth-order valence-corrected chi connectivity index (χ4v) is 9.49. The van der Waals surface area contributed by atoms with Gasteiger partial charge in [0.2, 0.25) is 11.8 Å². The summed E-state index contributed by atoms with van der Waals surface area (Å²) in [5, 5.41) is 9.27. The SMILES string of the molecule is CCCCCCCCCCCCCOC(=O)N[C@H]1CN(C(=O)c2ccc(C(=O)N3C[C@@H](C(=O)N[C@H]4C[C@@H]4c4ccccc4)[C@H](C(=O)N[C@H]4C[C@@H]4c4ccccc4)C3)cc2)C[C@@H]1OC. The number of alkyl carbamates (subject to hydrolysis) is 1. The standard InChI is InChI=1S/C51H67N5O7/c1-3-4-5-6-7-8-9-10-11-12-19-28-63-51(61)54-45-33-56(34-46(45)62-2)50(60)38-26-24-37(25-27-38)49(59)55-31-41(47(57)52-43-29-39(43)35-20-15-13-16-21-35)42(32-55)48(58)53-44-30-40(44)36-22-17-14-18-23-36/h13-18,20-27,39-46H,3-12,19,28-34H2,1-2H3,(H,52,57)(H,53,58)(H,54,61)/t39-,40-,41-,42-,43+,44+,45+,46+/m1/s1. The summed E-state index contributed by atoms with van der Waals surface area (Å²) in [5.74, 6) is -1.91. The summed E-state index contributed by atoms with van der Waals surface area (Å²) in [7, 11) is 1.56. The smallest absolute Gasteiger partial charge is 0.407 e. The Balaban J connectivity index is 0.886. The van der Waals surface area contributed by atoms with Crippen molar-refractivity contribution < 1.29 is 33.4 Å². The van der Waals surface area contributed by atoms with Crippen molar-refractivity contribution in [1.82, 2.24) is 25.8 Å². The third-order valence-corrected chi connectivity index (χ3v) is 13.5. The number of carbonyl (C=O) groups is 5. The van der Waals surface area contributed by atoms with E-state index in [0.29, 0.717) is 24.3 Å². The van der Waals surface area contributed by atoms with Gasteiger partial charge in [0.1, 0.15) is 0 Å². The van der Waals surface area contributed by atoms with E-state index < -0.39 is 30.1 Å². The number of nitrogens with one attached hydrogen (secondary N) is 3. The number of benzene rings is 3. The van der Waals surface area contributed by atoms with Crippen LogP contribution >= 0.6 is 0 Å². The molecule has 0 spiro atoms. The molecule has 5 amide bonds. The summed E-state index contributed by atoms with van der Waals surface area (Å²) in [4.78, 5) is 71.3. The molecule has 12 heteroatoms. The molecule has 3 N–H and O–H groups in total. The Morgan fingerprint density at radius 3 is 1.44 bits per heavy atom. The van der Waals surface area contributed by atoms with Gasteiger partial charge in [0, 0.05) is 68.3 Å². The predicted molar refractivity (Wildman–Crippen MR) is 242 cm³/mol. The third-order valence-electron chi connectivity index (χ3n) is 13.5. The monoisotopic (exact) mass is 862 g/mol. The summed E-state index contributed by atoms with van der Waals surface area (Å²) in [6.45, 7) is 3.37. The van der Waals surface area contributed by atoms with Gasteiger partial charge in [-0.1, -0.05) is 132 Å². The van der Waals surface area contributed by atoms with Crippen molar-refractivity contribution in [2.75, 3.05) is 39.9 Å². The Labute approximate surface area is 373 Å². The number of unbranched alkanes of at least 4 members (excludes halogenated alkanes) is 10. The summed E-state index contributed by atoms with van der Waals surface area (Å²) in [6.07, 6.45) is 14.1. The zero-order chi connectivity index (χ0) is 44.1. The molecular formula is C51H67N5O7. The fourth-order valence-electron chi connectivity index (χ4n) is 9.49. The molecule has 0 radical (unpaired) electrons. The molecule has 2 saturated carbocycles.